The van der Waals surface area contributed by atoms with Gasteiger partial charge in [0.25, 0.3) is 5.56 Å². The summed E-state index contributed by atoms with van der Waals surface area (Å²) in [6.07, 6.45) is -4.84. The summed E-state index contributed by atoms with van der Waals surface area (Å²) in [6, 6.07) is 24.4. The summed E-state index contributed by atoms with van der Waals surface area (Å²) in [6.45, 7) is 3.15. The van der Waals surface area contributed by atoms with Crippen LogP contribution in [0.4, 0.5) is 10.3 Å². The number of halogens is 1. The van der Waals surface area contributed by atoms with E-state index in [1.807, 2.05) is 78.9 Å². The molecule has 13 heteroatoms. The number of imidazole rings is 1. The molecule has 1 fully saturated rings. The summed E-state index contributed by atoms with van der Waals surface area (Å²) in [5, 5.41) is 13.7. The standard InChI is InChI=1S/C35H36FN5O7/c1-20(2)31(43)39-34-38-30-28(32(44)40-34)37-19-41(30)33-27(36)29(42)26(48-33)18-47-35(21-8-6-5-7-9-21,22-10-14-24(45-3)15-11-22)23-12-16-25(46-4)17-13-23/h5-17,19-20,26-27,29,33,42H,18H2,1-4H3,(H2,38,39,40,43,44)/t26-,27-,29-,33-/m1/s1. The Bertz CT molecular complexity index is 1880. The number of aliphatic hydroxyl groups is 1. The molecule has 12 nitrogen and oxygen atoms in total. The third-order valence-corrected chi connectivity index (χ3v) is 8.40. The number of H-pyrrole nitrogens is 1. The number of aromatic amines is 1. The summed E-state index contributed by atoms with van der Waals surface area (Å²) in [4.78, 5) is 35.9. The van der Waals surface area contributed by atoms with E-state index in [4.69, 9.17) is 18.9 Å². The summed E-state index contributed by atoms with van der Waals surface area (Å²) in [5.41, 5.74) is 0.326. The van der Waals surface area contributed by atoms with E-state index in [1.165, 1.54) is 10.9 Å². The van der Waals surface area contributed by atoms with Gasteiger partial charge in [0.1, 0.15) is 29.3 Å². The Hall–Kier alpha value is -5.11. The number of rotatable bonds is 11. The first-order valence-electron chi connectivity index (χ1n) is 15.4. The lowest BCUT2D eigenvalue weighted by Crippen LogP contribution is -2.39. The number of benzene rings is 3. The molecule has 1 aliphatic rings. The molecule has 1 aliphatic heterocycles. The average Bonchev–Trinajstić information content (AvgIpc) is 3.66. The molecule has 3 heterocycles. The van der Waals surface area contributed by atoms with Gasteiger partial charge in [-0.05, 0) is 41.0 Å². The van der Waals surface area contributed by atoms with Gasteiger partial charge in [-0.15, -0.1) is 0 Å². The van der Waals surface area contributed by atoms with Crippen LogP contribution >= 0.6 is 0 Å². The summed E-state index contributed by atoms with van der Waals surface area (Å²) >= 11 is 0. The summed E-state index contributed by atoms with van der Waals surface area (Å²) in [5.74, 6) is 0.444. The van der Waals surface area contributed by atoms with E-state index >= 15 is 4.39 Å². The van der Waals surface area contributed by atoms with Crippen LogP contribution in [-0.2, 0) is 19.9 Å². The van der Waals surface area contributed by atoms with Crippen molar-refractivity contribution >= 4 is 23.0 Å². The molecule has 0 radical (unpaired) electrons. The van der Waals surface area contributed by atoms with Crippen LogP contribution in [0.15, 0.2) is 90.0 Å². The van der Waals surface area contributed by atoms with Crippen LogP contribution in [-0.4, -0.2) is 69.7 Å². The van der Waals surface area contributed by atoms with Crippen LogP contribution in [0, 0.1) is 5.92 Å². The number of aliphatic hydroxyl groups excluding tert-OH is 1. The van der Waals surface area contributed by atoms with Gasteiger partial charge in [0.15, 0.2) is 23.6 Å². The van der Waals surface area contributed by atoms with Gasteiger partial charge in [-0.2, -0.15) is 4.98 Å². The number of nitrogens with zero attached hydrogens (tertiary/aromatic N) is 3. The fraction of sp³-hybridized carbons (Fsp3) is 0.314. The van der Waals surface area contributed by atoms with E-state index in [0.29, 0.717) is 11.5 Å². The molecule has 0 unspecified atom stereocenters. The van der Waals surface area contributed by atoms with Crippen molar-refractivity contribution in [1.29, 1.82) is 0 Å². The van der Waals surface area contributed by atoms with E-state index in [0.717, 1.165) is 16.7 Å². The minimum Gasteiger partial charge on any atom is -0.497 e. The van der Waals surface area contributed by atoms with Crippen molar-refractivity contribution in [3.8, 4) is 11.5 Å². The number of hydrogen-bond donors (Lipinski definition) is 3. The maximum absolute atomic E-state index is 15.9. The Morgan fingerprint density at radius 3 is 2.15 bits per heavy atom. The summed E-state index contributed by atoms with van der Waals surface area (Å²) < 4.78 is 40.9. The maximum atomic E-state index is 15.9. The van der Waals surface area contributed by atoms with Crippen LogP contribution in [0.5, 0.6) is 11.5 Å². The zero-order valence-electron chi connectivity index (χ0n) is 26.8. The SMILES string of the molecule is COc1ccc(C(OC[C@H]2O[C@@H](n3cnc4c(=O)[nH]c(NC(=O)C(C)C)nc43)[C@H](F)[C@@H]2O)(c2ccccc2)c2ccc(OC)cc2)cc1. The predicted octanol–water partition coefficient (Wildman–Crippen LogP) is 4.34. The first-order chi connectivity index (χ1) is 23.2. The minimum atomic E-state index is -1.93. The van der Waals surface area contributed by atoms with Gasteiger partial charge in [0, 0.05) is 5.92 Å². The molecule has 0 bridgehead atoms. The van der Waals surface area contributed by atoms with Crippen LogP contribution in [0.3, 0.4) is 0 Å². The molecular weight excluding hydrogens is 621 g/mol. The number of aromatic nitrogens is 4. The number of carbonyl (C=O) groups is 1. The normalized spacial score (nSPS) is 19.5. The molecule has 6 rings (SSSR count). The molecular formula is C35H36FN5O7. The van der Waals surface area contributed by atoms with E-state index in [1.54, 1.807) is 28.1 Å². The zero-order chi connectivity index (χ0) is 34.0. The lowest BCUT2D eigenvalue weighted by atomic mass is 9.80. The van der Waals surface area contributed by atoms with Gasteiger partial charge in [0.05, 0.1) is 27.2 Å². The molecule has 3 N–H and O–H groups in total. The fourth-order valence-electron chi connectivity index (χ4n) is 5.78. The first-order valence-corrected chi connectivity index (χ1v) is 15.4. The van der Waals surface area contributed by atoms with Gasteiger partial charge in [-0.25, -0.2) is 9.37 Å². The number of carbonyl (C=O) groups excluding carboxylic acids is 1. The molecule has 1 saturated heterocycles. The number of hydrogen-bond acceptors (Lipinski definition) is 9. The van der Waals surface area contributed by atoms with Crippen molar-refractivity contribution in [1.82, 2.24) is 19.5 Å². The van der Waals surface area contributed by atoms with Crippen molar-refractivity contribution in [2.45, 2.75) is 44.1 Å². The third-order valence-electron chi connectivity index (χ3n) is 8.40. The Morgan fingerprint density at radius 1 is 1.00 bits per heavy atom. The van der Waals surface area contributed by atoms with Crippen molar-refractivity contribution < 1.29 is 33.2 Å². The Labute approximate surface area is 275 Å². The van der Waals surface area contributed by atoms with E-state index in [9.17, 15) is 14.7 Å². The Morgan fingerprint density at radius 2 is 1.58 bits per heavy atom. The first kappa shape index (κ1) is 32.8. The number of nitrogens with one attached hydrogen (secondary N) is 2. The number of amides is 1. The van der Waals surface area contributed by atoms with Crippen LogP contribution in [0.2, 0.25) is 0 Å². The van der Waals surface area contributed by atoms with Gasteiger partial charge < -0.3 is 24.1 Å². The number of alkyl halides is 1. The molecule has 0 aliphatic carbocycles. The number of methoxy groups -OCH3 is 2. The Balaban J connectivity index is 1.36. The largest absolute Gasteiger partial charge is 0.497 e. The van der Waals surface area contributed by atoms with Crippen LogP contribution < -0.4 is 20.3 Å². The zero-order valence-corrected chi connectivity index (χ0v) is 26.8. The highest BCUT2D eigenvalue weighted by atomic mass is 19.1. The molecule has 0 saturated carbocycles. The average molecular weight is 658 g/mol. The maximum Gasteiger partial charge on any atom is 0.280 e. The molecule has 5 aromatic rings. The number of fused-ring (bicyclic) bond motifs is 1. The van der Waals surface area contributed by atoms with Gasteiger partial charge in [0.2, 0.25) is 11.9 Å². The number of ether oxygens (including phenoxy) is 4. The minimum absolute atomic E-state index is 0.0191. The highest BCUT2D eigenvalue weighted by molar-refractivity contribution is 5.91. The number of anilines is 1. The smallest absolute Gasteiger partial charge is 0.280 e. The molecule has 250 valence electrons. The van der Waals surface area contributed by atoms with Crippen molar-refractivity contribution in [3.05, 3.63) is 112 Å². The molecule has 0 spiro atoms. The highest BCUT2D eigenvalue weighted by Crippen LogP contribution is 2.43. The van der Waals surface area contributed by atoms with Crippen molar-refractivity contribution in [2.24, 2.45) is 5.92 Å². The molecule has 4 atom stereocenters. The molecule has 3 aromatic carbocycles. The third kappa shape index (κ3) is 6.03. The van der Waals surface area contributed by atoms with Crippen LogP contribution in [0.1, 0.15) is 36.8 Å². The second kappa shape index (κ2) is 13.6. The van der Waals surface area contributed by atoms with E-state index < -0.39 is 35.8 Å². The van der Waals surface area contributed by atoms with Gasteiger partial charge in [-0.1, -0.05) is 68.4 Å². The van der Waals surface area contributed by atoms with Gasteiger partial charge in [-0.3, -0.25) is 24.5 Å². The second-order valence-electron chi connectivity index (χ2n) is 11.7. The van der Waals surface area contributed by atoms with Crippen molar-refractivity contribution in [3.63, 3.8) is 0 Å². The quantitative estimate of drug-likeness (QED) is 0.176. The monoisotopic (exact) mass is 657 g/mol. The topological polar surface area (TPSA) is 150 Å². The second-order valence-corrected chi connectivity index (χ2v) is 11.7. The van der Waals surface area contributed by atoms with Gasteiger partial charge >= 0.3 is 0 Å². The fourth-order valence-corrected chi connectivity index (χ4v) is 5.78. The van der Waals surface area contributed by atoms with Crippen molar-refractivity contribution in [2.75, 3.05) is 26.1 Å². The lowest BCUT2D eigenvalue weighted by molar-refractivity contribution is -0.118. The molecule has 2 aromatic heterocycles. The van der Waals surface area contributed by atoms with E-state index in [2.05, 4.69) is 20.3 Å². The Kier molecular flexibility index (Phi) is 9.27. The molecule has 48 heavy (non-hydrogen) atoms. The highest BCUT2D eigenvalue weighted by Gasteiger charge is 2.48. The molecule has 1 amide bonds. The predicted molar refractivity (Wildman–Crippen MR) is 175 cm³/mol. The summed E-state index contributed by atoms with van der Waals surface area (Å²) in [7, 11) is 3.17. The van der Waals surface area contributed by atoms with E-state index in [-0.39, 0.29) is 35.5 Å². The lowest BCUT2D eigenvalue weighted by Gasteiger charge is -2.37. The van der Waals surface area contributed by atoms with Crippen LogP contribution in [0.25, 0.3) is 11.2 Å².